The molecule has 0 saturated carbocycles. The third-order valence-electron chi connectivity index (χ3n) is 5.09. The van der Waals surface area contributed by atoms with E-state index in [4.69, 9.17) is 4.74 Å². The molecule has 0 bridgehead atoms. The molecule has 0 unspecified atom stereocenters. The lowest BCUT2D eigenvalue weighted by Crippen LogP contribution is -2.46. The van der Waals surface area contributed by atoms with Crippen LogP contribution in [0.3, 0.4) is 0 Å². The van der Waals surface area contributed by atoms with Gasteiger partial charge in [-0.15, -0.1) is 0 Å². The lowest BCUT2D eigenvalue weighted by atomic mass is 10.1. The van der Waals surface area contributed by atoms with Gasteiger partial charge in [-0.1, -0.05) is 0 Å². The molecular weight excluding hydrogens is 363 g/mol. The second-order valence-electron chi connectivity index (χ2n) is 6.58. The van der Waals surface area contributed by atoms with Gasteiger partial charge in [0.25, 0.3) is 5.69 Å². The highest BCUT2D eigenvalue weighted by atomic mass is 19.1. The van der Waals surface area contributed by atoms with Gasteiger partial charge < -0.3 is 14.5 Å². The number of hydrogen-bond acceptors (Lipinski definition) is 6. The van der Waals surface area contributed by atoms with E-state index in [1.165, 1.54) is 25.4 Å². The van der Waals surface area contributed by atoms with E-state index in [1.54, 1.807) is 18.3 Å². The average Bonchev–Trinajstić information content (AvgIpc) is 2.73. The quantitative estimate of drug-likeness (QED) is 0.507. The molecule has 3 aromatic rings. The van der Waals surface area contributed by atoms with E-state index in [9.17, 15) is 14.5 Å². The van der Waals surface area contributed by atoms with Gasteiger partial charge in [0.2, 0.25) is 0 Å². The molecule has 0 atom stereocenters. The van der Waals surface area contributed by atoms with Gasteiger partial charge in [-0.3, -0.25) is 15.1 Å². The van der Waals surface area contributed by atoms with Crippen LogP contribution in [-0.2, 0) is 0 Å². The Kier molecular flexibility index (Phi) is 4.68. The molecule has 1 fully saturated rings. The van der Waals surface area contributed by atoms with E-state index in [2.05, 4.69) is 14.8 Å². The van der Waals surface area contributed by atoms with Crippen LogP contribution in [0.1, 0.15) is 0 Å². The Morgan fingerprint density at radius 3 is 2.50 bits per heavy atom. The molecule has 2 aromatic carbocycles. The van der Waals surface area contributed by atoms with E-state index in [-0.39, 0.29) is 22.2 Å². The van der Waals surface area contributed by atoms with Crippen molar-refractivity contribution in [2.24, 2.45) is 0 Å². The van der Waals surface area contributed by atoms with Crippen molar-refractivity contribution in [3.05, 3.63) is 64.7 Å². The van der Waals surface area contributed by atoms with E-state index in [1.807, 2.05) is 12.1 Å². The molecule has 1 aromatic heterocycles. The zero-order valence-electron chi connectivity index (χ0n) is 15.3. The van der Waals surface area contributed by atoms with Crippen LogP contribution in [0.4, 0.5) is 21.5 Å². The summed E-state index contributed by atoms with van der Waals surface area (Å²) in [5.74, 6) is -0.148. The van der Waals surface area contributed by atoms with Crippen molar-refractivity contribution < 1.29 is 14.1 Å². The highest BCUT2D eigenvalue weighted by Crippen LogP contribution is 2.34. The minimum absolute atomic E-state index is 0.0548. The van der Waals surface area contributed by atoms with Gasteiger partial charge in [0, 0.05) is 67.5 Å². The Bertz CT molecular complexity index is 1040. The first kappa shape index (κ1) is 18.0. The van der Waals surface area contributed by atoms with Crippen molar-refractivity contribution in [3.8, 4) is 5.75 Å². The maximum Gasteiger partial charge on any atom is 0.278 e. The van der Waals surface area contributed by atoms with Crippen molar-refractivity contribution in [1.82, 2.24) is 4.98 Å². The summed E-state index contributed by atoms with van der Waals surface area (Å²) in [4.78, 5) is 19.3. The molecule has 0 radical (unpaired) electrons. The maximum atomic E-state index is 14.0. The van der Waals surface area contributed by atoms with Crippen LogP contribution in [0.25, 0.3) is 10.8 Å². The SMILES string of the molecule is COc1ccc(N2CCN(c3ccc([N+](=O)[O-])c4cnccc34)CC2)cc1F. The third kappa shape index (κ3) is 3.17. The molecular formula is C20H19FN4O3. The summed E-state index contributed by atoms with van der Waals surface area (Å²) in [5.41, 5.74) is 1.82. The Hall–Kier alpha value is -3.42. The van der Waals surface area contributed by atoms with Crippen LogP contribution in [0.5, 0.6) is 5.75 Å². The standard InChI is InChI=1S/C20H19FN4O3/c1-28-20-5-2-14(12-17(20)21)23-8-10-24(11-9-23)18-3-4-19(25(26)27)16-13-22-7-6-15(16)18/h2-7,12-13H,8-11H2,1H3. The predicted octanol–water partition coefficient (Wildman–Crippen LogP) is 3.62. The zero-order chi connectivity index (χ0) is 19.7. The second-order valence-corrected chi connectivity index (χ2v) is 6.58. The number of nitro groups is 1. The highest BCUT2D eigenvalue weighted by Gasteiger charge is 2.22. The molecule has 0 N–H and O–H groups in total. The molecule has 0 aliphatic carbocycles. The average molecular weight is 382 g/mol. The number of nitrogens with zero attached hydrogens (tertiary/aromatic N) is 4. The van der Waals surface area contributed by atoms with Crippen molar-refractivity contribution >= 4 is 27.8 Å². The minimum Gasteiger partial charge on any atom is -0.494 e. The summed E-state index contributed by atoms with van der Waals surface area (Å²) in [7, 11) is 1.45. The molecule has 4 rings (SSSR count). The molecule has 2 heterocycles. The molecule has 8 heteroatoms. The molecule has 1 saturated heterocycles. The lowest BCUT2D eigenvalue weighted by molar-refractivity contribution is -0.383. The first-order valence-electron chi connectivity index (χ1n) is 8.93. The normalized spacial score (nSPS) is 14.4. The van der Waals surface area contributed by atoms with E-state index in [0.29, 0.717) is 5.39 Å². The Morgan fingerprint density at radius 2 is 1.82 bits per heavy atom. The van der Waals surface area contributed by atoms with Crippen LogP contribution in [0.15, 0.2) is 48.8 Å². The Balaban J connectivity index is 1.57. The number of pyridine rings is 1. The smallest absolute Gasteiger partial charge is 0.278 e. The van der Waals surface area contributed by atoms with Crippen molar-refractivity contribution in [2.45, 2.75) is 0 Å². The number of halogens is 1. The maximum absolute atomic E-state index is 14.0. The van der Waals surface area contributed by atoms with Crippen LogP contribution in [0.2, 0.25) is 0 Å². The molecule has 0 spiro atoms. The highest BCUT2D eigenvalue weighted by molar-refractivity contribution is 5.99. The van der Waals surface area contributed by atoms with E-state index in [0.717, 1.165) is 42.9 Å². The molecule has 144 valence electrons. The molecule has 1 aliphatic rings. The number of methoxy groups -OCH3 is 1. The monoisotopic (exact) mass is 382 g/mol. The van der Waals surface area contributed by atoms with Gasteiger partial charge in [-0.25, -0.2) is 4.39 Å². The molecule has 0 amide bonds. The van der Waals surface area contributed by atoms with Crippen LogP contribution in [-0.4, -0.2) is 43.2 Å². The van der Waals surface area contributed by atoms with E-state index < -0.39 is 0 Å². The Morgan fingerprint density at radius 1 is 1.07 bits per heavy atom. The summed E-state index contributed by atoms with van der Waals surface area (Å²) < 4.78 is 19.0. The number of aromatic nitrogens is 1. The summed E-state index contributed by atoms with van der Waals surface area (Å²) in [6, 6.07) is 10.1. The number of rotatable bonds is 4. The number of hydrogen-bond donors (Lipinski definition) is 0. The number of ether oxygens (including phenoxy) is 1. The minimum atomic E-state index is -0.385. The number of anilines is 2. The molecule has 7 nitrogen and oxygen atoms in total. The molecule has 28 heavy (non-hydrogen) atoms. The number of nitro benzene ring substituents is 1. The van der Waals surface area contributed by atoms with Gasteiger partial charge in [0.1, 0.15) is 0 Å². The molecule has 1 aliphatic heterocycles. The lowest BCUT2D eigenvalue weighted by Gasteiger charge is -2.37. The predicted molar refractivity (Wildman–Crippen MR) is 106 cm³/mol. The van der Waals surface area contributed by atoms with Crippen molar-refractivity contribution in [2.75, 3.05) is 43.1 Å². The summed E-state index contributed by atoms with van der Waals surface area (Å²) >= 11 is 0. The topological polar surface area (TPSA) is 71.7 Å². The fourth-order valence-electron chi connectivity index (χ4n) is 3.65. The zero-order valence-corrected chi connectivity index (χ0v) is 15.3. The van der Waals surface area contributed by atoms with Gasteiger partial charge in [0.05, 0.1) is 17.4 Å². The summed E-state index contributed by atoms with van der Waals surface area (Å²) in [5, 5.41) is 12.6. The number of fused-ring (bicyclic) bond motifs is 1. The van der Waals surface area contributed by atoms with Crippen LogP contribution >= 0.6 is 0 Å². The first-order chi connectivity index (χ1) is 13.6. The largest absolute Gasteiger partial charge is 0.494 e. The summed E-state index contributed by atoms with van der Waals surface area (Å²) in [6.07, 6.45) is 3.18. The second kappa shape index (κ2) is 7.30. The van der Waals surface area contributed by atoms with Crippen LogP contribution in [0, 0.1) is 15.9 Å². The van der Waals surface area contributed by atoms with Crippen molar-refractivity contribution in [3.63, 3.8) is 0 Å². The van der Waals surface area contributed by atoms with Gasteiger partial charge in [-0.05, 0) is 24.3 Å². The number of non-ortho nitro benzene ring substituents is 1. The summed E-state index contributed by atoms with van der Waals surface area (Å²) in [6.45, 7) is 2.89. The fourth-order valence-corrected chi connectivity index (χ4v) is 3.65. The fraction of sp³-hybridized carbons (Fsp3) is 0.250. The van der Waals surface area contributed by atoms with Gasteiger partial charge >= 0.3 is 0 Å². The van der Waals surface area contributed by atoms with Gasteiger partial charge in [0.15, 0.2) is 11.6 Å². The third-order valence-corrected chi connectivity index (χ3v) is 5.09. The number of piperazine rings is 1. The first-order valence-corrected chi connectivity index (χ1v) is 8.93. The van der Waals surface area contributed by atoms with Crippen LogP contribution < -0.4 is 14.5 Å². The van der Waals surface area contributed by atoms with Crippen molar-refractivity contribution in [1.29, 1.82) is 0 Å². The van der Waals surface area contributed by atoms with E-state index >= 15 is 0 Å². The Labute approximate surface area is 161 Å². The number of benzene rings is 2. The van der Waals surface area contributed by atoms with Gasteiger partial charge in [-0.2, -0.15) is 0 Å².